The topological polar surface area (TPSA) is 33.1 Å². The number of hydrogen-bond acceptors (Lipinski definition) is 3. The standard InChI is InChI=1S/C13H24N4/c1-10(14-5)11-6-15-17(7-11)12-8-16(9-12)13(2,3)4/h6-7,10,12,14H,8-9H2,1-5H3. The van der Waals surface area contributed by atoms with E-state index in [1.54, 1.807) is 0 Å². The first-order valence-electron chi connectivity index (χ1n) is 6.38. The van der Waals surface area contributed by atoms with Gasteiger partial charge in [0.2, 0.25) is 0 Å². The molecule has 0 saturated carbocycles. The van der Waals surface area contributed by atoms with Gasteiger partial charge in [-0.25, -0.2) is 0 Å². The van der Waals surface area contributed by atoms with Gasteiger partial charge in [-0.3, -0.25) is 9.58 Å². The molecule has 0 bridgehead atoms. The zero-order valence-corrected chi connectivity index (χ0v) is 11.6. The van der Waals surface area contributed by atoms with Crippen molar-refractivity contribution in [1.29, 1.82) is 0 Å². The maximum atomic E-state index is 4.47. The SMILES string of the molecule is CNC(C)c1cnn(C2CN(C(C)(C)C)C2)c1. The zero-order valence-electron chi connectivity index (χ0n) is 11.6. The van der Waals surface area contributed by atoms with E-state index < -0.39 is 0 Å². The summed E-state index contributed by atoms with van der Waals surface area (Å²) in [6.07, 6.45) is 4.15. The van der Waals surface area contributed by atoms with E-state index in [0.717, 1.165) is 13.1 Å². The average Bonchev–Trinajstić information content (AvgIpc) is 2.61. The van der Waals surface area contributed by atoms with E-state index in [1.807, 2.05) is 13.2 Å². The monoisotopic (exact) mass is 236 g/mol. The third-order valence-corrected chi connectivity index (χ3v) is 3.74. The van der Waals surface area contributed by atoms with Crippen molar-refractivity contribution in [2.24, 2.45) is 0 Å². The van der Waals surface area contributed by atoms with Crippen molar-refractivity contribution >= 4 is 0 Å². The summed E-state index contributed by atoms with van der Waals surface area (Å²) in [5.74, 6) is 0. The van der Waals surface area contributed by atoms with Crippen LogP contribution in [0.25, 0.3) is 0 Å². The highest BCUT2D eigenvalue weighted by Crippen LogP contribution is 2.28. The van der Waals surface area contributed by atoms with Crippen LogP contribution < -0.4 is 5.32 Å². The lowest BCUT2D eigenvalue weighted by molar-refractivity contribution is 0.0154. The first kappa shape index (κ1) is 12.6. The van der Waals surface area contributed by atoms with Crippen molar-refractivity contribution in [2.45, 2.75) is 45.3 Å². The summed E-state index contributed by atoms with van der Waals surface area (Å²) in [5.41, 5.74) is 1.55. The van der Waals surface area contributed by atoms with E-state index in [4.69, 9.17) is 0 Å². The number of nitrogens with one attached hydrogen (secondary N) is 1. The van der Waals surface area contributed by atoms with Crippen LogP contribution in [0.4, 0.5) is 0 Å². The molecular weight excluding hydrogens is 212 g/mol. The summed E-state index contributed by atoms with van der Waals surface area (Å²) in [4.78, 5) is 2.49. The number of aromatic nitrogens is 2. The van der Waals surface area contributed by atoms with E-state index in [2.05, 4.69) is 53.9 Å². The van der Waals surface area contributed by atoms with Gasteiger partial charge in [-0.15, -0.1) is 0 Å². The van der Waals surface area contributed by atoms with Crippen molar-refractivity contribution in [3.63, 3.8) is 0 Å². The fourth-order valence-corrected chi connectivity index (χ4v) is 2.11. The highest BCUT2D eigenvalue weighted by atomic mass is 15.4. The molecule has 1 aromatic heterocycles. The Morgan fingerprint density at radius 1 is 1.41 bits per heavy atom. The van der Waals surface area contributed by atoms with E-state index in [0.29, 0.717) is 12.1 Å². The second-order valence-electron chi connectivity index (χ2n) is 5.99. The van der Waals surface area contributed by atoms with Gasteiger partial charge in [0.25, 0.3) is 0 Å². The van der Waals surface area contributed by atoms with Crippen LogP contribution in [0.15, 0.2) is 12.4 Å². The maximum absolute atomic E-state index is 4.47. The van der Waals surface area contributed by atoms with Gasteiger partial charge in [-0.2, -0.15) is 5.10 Å². The van der Waals surface area contributed by atoms with Crippen LogP contribution in [-0.2, 0) is 0 Å². The summed E-state index contributed by atoms with van der Waals surface area (Å²) >= 11 is 0. The minimum absolute atomic E-state index is 0.282. The molecular formula is C13H24N4. The van der Waals surface area contributed by atoms with Crippen LogP contribution >= 0.6 is 0 Å². The van der Waals surface area contributed by atoms with Crippen LogP contribution in [-0.4, -0.2) is 40.4 Å². The molecule has 0 amide bonds. The summed E-state index contributed by atoms with van der Waals surface area (Å²) in [5, 5.41) is 7.71. The molecule has 2 rings (SSSR count). The Labute approximate surface area is 104 Å². The number of hydrogen-bond donors (Lipinski definition) is 1. The van der Waals surface area contributed by atoms with Crippen LogP contribution in [0.1, 0.15) is 45.3 Å². The van der Waals surface area contributed by atoms with Crippen LogP contribution in [0.5, 0.6) is 0 Å². The summed E-state index contributed by atoms with van der Waals surface area (Å²) in [6.45, 7) is 11.2. The summed E-state index contributed by atoms with van der Waals surface area (Å²) in [7, 11) is 1.98. The number of nitrogens with zero attached hydrogens (tertiary/aromatic N) is 3. The Morgan fingerprint density at radius 2 is 2.06 bits per heavy atom. The molecule has 96 valence electrons. The van der Waals surface area contributed by atoms with Crippen molar-refractivity contribution in [2.75, 3.05) is 20.1 Å². The molecule has 1 saturated heterocycles. The van der Waals surface area contributed by atoms with Crippen LogP contribution in [0.3, 0.4) is 0 Å². The normalized spacial score (nSPS) is 20.3. The Balaban J connectivity index is 1.95. The molecule has 1 aliphatic heterocycles. The zero-order chi connectivity index (χ0) is 12.6. The molecule has 1 N–H and O–H groups in total. The quantitative estimate of drug-likeness (QED) is 0.869. The van der Waals surface area contributed by atoms with Crippen molar-refractivity contribution in [3.05, 3.63) is 18.0 Å². The highest BCUT2D eigenvalue weighted by Gasteiger charge is 2.35. The lowest BCUT2D eigenvalue weighted by Gasteiger charge is -2.47. The first-order chi connectivity index (χ1) is 7.91. The van der Waals surface area contributed by atoms with E-state index in [1.165, 1.54) is 5.56 Å². The fraction of sp³-hybridized carbons (Fsp3) is 0.769. The molecule has 17 heavy (non-hydrogen) atoms. The van der Waals surface area contributed by atoms with Gasteiger partial charge in [0, 0.05) is 36.4 Å². The molecule has 1 unspecified atom stereocenters. The molecule has 1 atom stereocenters. The summed E-state index contributed by atoms with van der Waals surface area (Å²) < 4.78 is 2.12. The molecule has 4 nitrogen and oxygen atoms in total. The Hall–Kier alpha value is -0.870. The van der Waals surface area contributed by atoms with Crippen molar-refractivity contribution < 1.29 is 0 Å². The van der Waals surface area contributed by atoms with Crippen molar-refractivity contribution in [1.82, 2.24) is 20.0 Å². The van der Waals surface area contributed by atoms with E-state index in [-0.39, 0.29) is 5.54 Å². The van der Waals surface area contributed by atoms with Crippen LogP contribution in [0, 0.1) is 0 Å². The third-order valence-electron chi connectivity index (χ3n) is 3.74. The molecule has 1 fully saturated rings. The molecule has 0 aromatic carbocycles. The fourth-order valence-electron chi connectivity index (χ4n) is 2.11. The average molecular weight is 236 g/mol. The predicted octanol–water partition coefficient (Wildman–Crippen LogP) is 1.82. The van der Waals surface area contributed by atoms with Gasteiger partial charge >= 0.3 is 0 Å². The summed E-state index contributed by atoms with van der Waals surface area (Å²) in [6, 6.07) is 0.926. The molecule has 0 radical (unpaired) electrons. The molecule has 2 heterocycles. The Morgan fingerprint density at radius 3 is 2.59 bits per heavy atom. The maximum Gasteiger partial charge on any atom is 0.0773 e. The van der Waals surface area contributed by atoms with E-state index >= 15 is 0 Å². The second kappa shape index (κ2) is 4.42. The largest absolute Gasteiger partial charge is 0.313 e. The first-order valence-corrected chi connectivity index (χ1v) is 6.38. The molecule has 1 aliphatic rings. The van der Waals surface area contributed by atoms with Gasteiger partial charge in [0.05, 0.1) is 12.2 Å². The molecule has 0 spiro atoms. The Bertz CT molecular complexity index is 371. The van der Waals surface area contributed by atoms with Crippen LogP contribution in [0.2, 0.25) is 0 Å². The lowest BCUT2D eigenvalue weighted by atomic mass is 9.98. The van der Waals surface area contributed by atoms with Crippen molar-refractivity contribution in [3.8, 4) is 0 Å². The minimum Gasteiger partial charge on any atom is -0.313 e. The molecule has 1 aromatic rings. The smallest absolute Gasteiger partial charge is 0.0773 e. The molecule has 0 aliphatic carbocycles. The van der Waals surface area contributed by atoms with Gasteiger partial charge in [0.15, 0.2) is 0 Å². The third kappa shape index (κ3) is 2.53. The second-order valence-corrected chi connectivity index (χ2v) is 5.99. The predicted molar refractivity (Wildman–Crippen MR) is 70.1 cm³/mol. The van der Waals surface area contributed by atoms with Gasteiger partial charge in [-0.05, 0) is 34.7 Å². The number of likely N-dealkylation sites (tertiary alicyclic amines) is 1. The number of rotatable bonds is 3. The van der Waals surface area contributed by atoms with Gasteiger partial charge in [-0.1, -0.05) is 0 Å². The van der Waals surface area contributed by atoms with E-state index in [9.17, 15) is 0 Å². The highest BCUT2D eigenvalue weighted by molar-refractivity contribution is 5.10. The van der Waals surface area contributed by atoms with Gasteiger partial charge < -0.3 is 5.32 Å². The Kier molecular flexibility index (Phi) is 3.27. The molecule has 4 heteroatoms. The van der Waals surface area contributed by atoms with Gasteiger partial charge in [0.1, 0.15) is 0 Å². The lowest BCUT2D eigenvalue weighted by Crippen LogP contribution is -2.56. The minimum atomic E-state index is 0.282.